The van der Waals surface area contributed by atoms with Gasteiger partial charge in [-0.2, -0.15) is 0 Å². The molecule has 3 heteroatoms. The molecule has 0 spiro atoms. The van der Waals surface area contributed by atoms with E-state index >= 15 is 0 Å². The van der Waals surface area contributed by atoms with Gasteiger partial charge in [0.1, 0.15) is 0 Å². The highest BCUT2D eigenvalue weighted by molar-refractivity contribution is 5.85. The van der Waals surface area contributed by atoms with Crippen molar-refractivity contribution in [3.63, 3.8) is 0 Å². The molecule has 1 fully saturated rings. The van der Waals surface area contributed by atoms with Crippen molar-refractivity contribution in [3.8, 4) is 0 Å². The van der Waals surface area contributed by atoms with E-state index in [1.54, 1.807) is 0 Å². The number of aryl methyl sites for hydroxylation is 3. The number of likely N-dealkylation sites (tertiary alicyclic amines) is 1. The summed E-state index contributed by atoms with van der Waals surface area (Å²) in [7, 11) is 0. The Hall–Kier alpha value is -0.570. The van der Waals surface area contributed by atoms with Crippen molar-refractivity contribution in [2.24, 2.45) is 11.7 Å². The Morgan fingerprint density at radius 3 is 2.20 bits per heavy atom. The SMILES string of the molecule is Cc1cc(C)c(CN2CCC(C(C)N)CC2)cc1C.Cl. The van der Waals surface area contributed by atoms with Crippen molar-refractivity contribution in [2.45, 2.75) is 53.1 Å². The molecule has 0 bridgehead atoms. The van der Waals surface area contributed by atoms with E-state index in [1.165, 1.54) is 48.2 Å². The van der Waals surface area contributed by atoms with Gasteiger partial charge in [0.15, 0.2) is 0 Å². The van der Waals surface area contributed by atoms with Crippen LogP contribution in [0, 0.1) is 26.7 Å². The van der Waals surface area contributed by atoms with Gasteiger partial charge in [-0.3, -0.25) is 4.90 Å². The average molecular weight is 297 g/mol. The molecule has 1 aromatic rings. The van der Waals surface area contributed by atoms with E-state index < -0.39 is 0 Å². The maximum Gasteiger partial charge on any atom is 0.0236 e. The molecule has 2 N–H and O–H groups in total. The fourth-order valence-corrected chi connectivity index (χ4v) is 3.07. The predicted molar refractivity (Wildman–Crippen MR) is 89.6 cm³/mol. The number of nitrogens with zero attached hydrogens (tertiary/aromatic N) is 1. The summed E-state index contributed by atoms with van der Waals surface area (Å²) in [6.07, 6.45) is 2.50. The second-order valence-corrected chi connectivity index (χ2v) is 6.34. The Morgan fingerprint density at radius 1 is 1.10 bits per heavy atom. The number of nitrogens with two attached hydrogens (primary N) is 1. The molecule has 0 aromatic heterocycles. The minimum atomic E-state index is 0. The molecule has 20 heavy (non-hydrogen) atoms. The third kappa shape index (κ3) is 4.21. The third-order valence-corrected chi connectivity index (χ3v) is 4.72. The smallest absolute Gasteiger partial charge is 0.0236 e. The quantitative estimate of drug-likeness (QED) is 0.923. The van der Waals surface area contributed by atoms with Crippen LogP contribution < -0.4 is 5.73 Å². The summed E-state index contributed by atoms with van der Waals surface area (Å²) in [6.45, 7) is 12.3. The zero-order valence-corrected chi connectivity index (χ0v) is 14.1. The van der Waals surface area contributed by atoms with Gasteiger partial charge in [0.05, 0.1) is 0 Å². The first-order valence-corrected chi connectivity index (χ1v) is 7.52. The highest BCUT2D eigenvalue weighted by Gasteiger charge is 2.22. The van der Waals surface area contributed by atoms with E-state index in [2.05, 4.69) is 44.7 Å². The second-order valence-electron chi connectivity index (χ2n) is 6.34. The minimum Gasteiger partial charge on any atom is -0.328 e. The van der Waals surface area contributed by atoms with Gasteiger partial charge in [-0.15, -0.1) is 12.4 Å². The van der Waals surface area contributed by atoms with Gasteiger partial charge in [0.2, 0.25) is 0 Å². The maximum absolute atomic E-state index is 6.01. The van der Waals surface area contributed by atoms with Crippen molar-refractivity contribution in [1.29, 1.82) is 0 Å². The molecule has 1 saturated heterocycles. The topological polar surface area (TPSA) is 29.3 Å². The lowest BCUT2D eigenvalue weighted by atomic mass is 9.90. The molecule has 0 aliphatic carbocycles. The molecule has 1 aliphatic heterocycles. The van der Waals surface area contributed by atoms with Gasteiger partial charge in [0, 0.05) is 12.6 Å². The number of halogens is 1. The molecule has 0 amide bonds. The molecule has 1 unspecified atom stereocenters. The number of piperidine rings is 1. The number of hydrogen-bond donors (Lipinski definition) is 1. The summed E-state index contributed by atoms with van der Waals surface area (Å²) in [6, 6.07) is 5.03. The Bertz CT molecular complexity index is 435. The van der Waals surface area contributed by atoms with Gasteiger partial charge < -0.3 is 5.73 Å². The Labute approximate surface area is 130 Å². The van der Waals surface area contributed by atoms with Gasteiger partial charge in [0.25, 0.3) is 0 Å². The van der Waals surface area contributed by atoms with Crippen LogP contribution in [0.1, 0.15) is 42.0 Å². The Morgan fingerprint density at radius 2 is 1.65 bits per heavy atom. The van der Waals surface area contributed by atoms with E-state index in [0.717, 1.165) is 12.5 Å². The predicted octanol–water partition coefficient (Wildman–Crippen LogP) is 3.59. The highest BCUT2D eigenvalue weighted by Crippen LogP contribution is 2.23. The van der Waals surface area contributed by atoms with Crippen molar-refractivity contribution in [3.05, 3.63) is 34.4 Å². The van der Waals surface area contributed by atoms with Gasteiger partial charge in [-0.25, -0.2) is 0 Å². The highest BCUT2D eigenvalue weighted by atomic mass is 35.5. The average Bonchev–Trinajstić information content (AvgIpc) is 2.36. The van der Waals surface area contributed by atoms with Crippen LogP contribution >= 0.6 is 12.4 Å². The van der Waals surface area contributed by atoms with E-state index in [1.807, 2.05) is 0 Å². The maximum atomic E-state index is 6.01. The Balaban J connectivity index is 0.00000200. The summed E-state index contributed by atoms with van der Waals surface area (Å²) >= 11 is 0. The summed E-state index contributed by atoms with van der Waals surface area (Å²) in [4.78, 5) is 2.58. The summed E-state index contributed by atoms with van der Waals surface area (Å²) in [5.41, 5.74) is 11.7. The molecule has 0 saturated carbocycles. The van der Waals surface area contributed by atoms with Crippen LogP contribution in [0.3, 0.4) is 0 Å². The summed E-state index contributed by atoms with van der Waals surface area (Å²) in [5, 5.41) is 0. The Kier molecular flexibility index (Phi) is 6.50. The molecular formula is C17H29ClN2. The number of rotatable bonds is 3. The fraction of sp³-hybridized carbons (Fsp3) is 0.647. The van der Waals surface area contributed by atoms with Crippen LogP contribution in [0.4, 0.5) is 0 Å². The van der Waals surface area contributed by atoms with Gasteiger partial charge in [-0.05, 0) is 81.8 Å². The van der Waals surface area contributed by atoms with Crippen molar-refractivity contribution in [1.82, 2.24) is 4.90 Å². The largest absolute Gasteiger partial charge is 0.328 e. The van der Waals surface area contributed by atoms with E-state index in [0.29, 0.717) is 6.04 Å². The van der Waals surface area contributed by atoms with Crippen LogP contribution in [-0.2, 0) is 6.54 Å². The van der Waals surface area contributed by atoms with E-state index in [9.17, 15) is 0 Å². The zero-order chi connectivity index (χ0) is 14.0. The molecule has 1 atom stereocenters. The van der Waals surface area contributed by atoms with E-state index in [4.69, 9.17) is 5.73 Å². The standard InChI is InChI=1S/C17H28N2.ClH/c1-12-9-14(3)17(10-13(12)2)11-19-7-5-16(6-8-19)15(4)18;/h9-10,15-16H,5-8,11,18H2,1-4H3;1H. The molecule has 2 rings (SSSR count). The molecule has 2 nitrogen and oxygen atoms in total. The lowest BCUT2D eigenvalue weighted by Gasteiger charge is -2.34. The lowest BCUT2D eigenvalue weighted by Crippen LogP contribution is -2.39. The van der Waals surface area contributed by atoms with Crippen LogP contribution in [0.15, 0.2) is 12.1 Å². The van der Waals surface area contributed by atoms with E-state index in [-0.39, 0.29) is 12.4 Å². The molecule has 1 aromatic carbocycles. The molecule has 1 aliphatic rings. The van der Waals surface area contributed by atoms with Crippen LogP contribution in [-0.4, -0.2) is 24.0 Å². The molecule has 0 radical (unpaired) electrons. The van der Waals surface area contributed by atoms with Crippen molar-refractivity contribution < 1.29 is 0 Å². The normalized spacial score (nSPS) is 18.6. The monoisotopic (exact) mass is 296 g/mol. The van der Waals surface area contributed by atoms with Crippen LogP contribution in [0.25, 0.3) is 0 Å². The molecular weight excluding hydrogens is 268 g/mol. The number of hydrogen-bond acceptors (Lipinski definition) is 2. The fourth-order valence-electron chi connectivity index (χ4n) is 3.07. The second kappa shape index (κ2) is 7.44. The minimum absolute atomic E-state index is 0. The van der Waals surface area contributed by atoms with Crippen LogP contribution in [0.2, 0.25) is 0 Å². The number of benzene rings is 1. The van der Waals surface area contributed by atoms with Gasteiger partial charge in [-0.1, -0.05) is 12.1 Å². The molecule has 1 heterocycles. The first-order valence-electron chi connectivity index (χ1n) is 7.52. The van der Waals surface area contributed by atoms with Crippen LogP contribution in [0.5, 0.6) is 0 Å². The van der Waals surface area contributed by atoms with Crippen molar-refractivity contribution in [2.75, 3.05) is 13.1 Å². The molecule has 114 valence electrons. The lowest BCUT2D eigenvalue weighted by molar-refractivity contribution is 0.165. The first kappa shape index (κ1) is 17.5. The van der Waals surface area contributed by atoms with Gasteiger partial charge >= 0.3 is 0 Å². The summed E-state index contributed by atoms with van der Waals surface area (Å²) in [5.74, 6) is 0.720. The summed E-state index contributed by atoms with van der Waals surface area (Å²) < 4.78 is 0. The van der Waals surface area contributed by atoms with Crippen molar-refractivity contribution >= 4 is 12.4 Å². The zero-order valence-electron chi connectivity index (χ0n) is 13.3. The third-order valence-electron chi connectivity index (χ3n) is 4.72. The first-order chi connectivity index (χ1) is 8.97.